The molecule has 1 aromatic carbocycles. The molecule has 0 atom stereocenters. The van der Waals surface area contributed by atoms with Crippen LogP contribution in [-0.2, 0) is 9.47 Å². The molecule has 1 aromatic heterocycles. The lowest BCUT2D eigenvalue weighted by molar-refractivity contribution is 0.0593. The lowest BCUT2D eigenvalue weighted by Gasteiger charge is -2.10. The summed E-state index contributed by atoms with van der Waals surface area (Å²) in [4.78, 5) is 12.0. The Bertz CT molecular complexity index is 744. The Morgan fingerprint density at radius 1 is 1.29 bits per heavy atom. The smallest absolute Gasteiger partial charge is 0.357 e. The van der Waals surface area contributed by atoms with E-state index in [-0.39, 0.29) is 16.9 Å². The summed E-state index contributed by atoms with van der Waals surface area (Å²) >= 11 is 0. The monoisotopic (exact) mass is 329 g/mol. The molecule has 0 fully saturated rings. The number of methoxy groups -OCH3 is 1. The van der Waals surface area contributed by atoms with Crippen LogP contribution in [0.5, 0.6) is 5.75 Å². The summed E-state index contributed by atoms with van der Waals surface area (Å²) in [7, 11) is 1.26. The number of ether oxygens (including phenoxy) is 3. The minimum absolute atomic E-state index is 0.0985. The maximum atomic E-state index is 12.0. The van der Waals surface area contributed by atoms with Gasteiger partial charge in [-0.3, -0.25) is 0 Å². The van der Waals surface area contributed by atoms with Gasteiger partial charge in [-0.25, -0.2) is 4.79 Å². The summed E-state index contributed by atoms with van der Waals surface area (Å²) in [6.07, 6.45) is 1.51. The van der Waals surface area contributed by atoms with Crippen LogP contribution in [0.2, 0.25) is 0 Å². The molecule has 0 saturated heterocycles. The van der Waals surface area contributed by atoms with Crippen LogP contribution in [0, 0.1) is 11.3 Å². The van der Waals surface area contributed by atoms with Gasteiger partial charge in [-0.1, -0.05) is 0 Å². The molecule has 2 aromatic rings. The van der Waals surface area contributed by atoms with Gasteiger partial charge in [0.1, 0.15) is 18.4 Å². The van der Waals surface area contributed by atoms with Crippen LogP contribution < -0.4 is 10.5 Å². The van der Waals surface area contributed by atoms with Crippen molar-refractivity contribution < 1.29 is 19.0 Å². The van der Waals surface area contributed by atoms with Crippen molar-refractivity contribution in [3.8, 4) is 17.5 Å². The quantitative estimate of drug-likeness (QED) is 0.617. The molecular weight excluding hydrogens is 310 g/mol. The zero-order chi connectivity index (χ0) is 17.5. The van der Waals surface area contributed by atoms with Crippen molar-refractivity contribution in [2.24, 2.45) is 0 Å². The summed E-state index contributed by atoms with van der Waals surface area (Å²) in [5.74, 6) is 0.0738. The summed E-state index contributed by atoms with van der Waals surface area (Å²) in [5, 5.41) is 9.12. The minimum Gasteiger partial charge on any atom is -0.491 e. The molecule has 0 aliphatic carbocycles. The number of hydrogen-bond donors (Lipinski definition) is 1. The van der Waals surface area contributed by atoms with Crippen molar-refractivity contribution in [1.82, 2.24) is 4.57 Å². The van der Waals surface area contributed by atoms with Crippen LogP contribution in [-0.4, -0.2) is 37.5 Å². The molecule has 0 spiro atoms. The molecule has 0 aliphatic rings. The lowest BCUT2D eigenvalue weighted by atomic mass is 10.2. The summed E-state index contributed by atoms with van der Waals surface area (Å²) in [5.41, 5.74) is 6.98. The van der Waals surface area contributed by atoms with E-state index in [1.165, 1.54) is 17.9 Å². The van der Waals surface area contributed by atoms with Crippen molar-refractivity contribution in [2.75, 3.05) is 32.7 Å². The number of nitrogen functional groups attached to an aromatic ring is 1. The number of carbonyl (C=O) groups excluding carboxylic acids is 1. The number of nitrogens with zero attached hydrogens (tertiary/aromatic N) is 2. The SMILES string of the molecule is CCOCCOc1ccc(-n2cc(C#N)c(N)c2C(=O)OC)cc1. The van der Waals surface area contributed by atoms with Gasteiger partial charge < -0.3 is 24.5 Å². The number of nitrogens with two attached hydrogens (primary N) is 1. The fourth-order valence-electron chi connectivity index (χ4n) is 2.18. The molecule has 0 unspecified atom stereocenters. The van der Waals surface area contributed by atoms with E-state index in [1.807, 2.05) is 13.0 Å². The van der Waals surface area contributed by atoms with E-state index in [9.17, 15) is 4.79 Å². The standard InChI is InChI=1S/C17H19N3O4/c1-3-23-8-9-24-14-6-4-13(5-7-14)20-11-12(10-18)15(19)16(20)17(21)22-2/h4-7,11H,3,8-9,19H2,1-2H3. The average molecular weight is 329 g/mol. The molecule has 0 radical (unpaired) electrons. The van der Waals surface area contributed by atoms with E-state index >= 15 is 0 Å². The highest BCUT2D eigenvalue weighted by atomic mass is 16.5. The van der Waals surface area contributed by atoms with Gasteiger partial charge in [-0.15, -0.1) is 0 Å². The van der Waals surface area contributed by atoms with E-state index in [4.69, 9.17) is 25.2 Å². The third-order valence-corrected chi connectivity index (χ3v) is 3.36. The molecule has 7 heteroatoms. The van der Waals surface area contributed by atoms with Crippen molar-refractivity contribution in [1.29, 1.82) is 5.26 Å². The molecule has 0 aliphatic heterocycles. The van der Waals surface area contributed by atoms with Gasteiger partial charge in [-0.05, 0) is 31.2 Å². The molecule has 0 bridgehead atoms. The third kappa shape index (κ3) is 3.67. The van der Waals surface area contributed by atoms with Crippen LogP contribution in [0.15, 0.2) is 30.5 Å². The van der Waals surface area contributed by atoms with Crippen LogP contribution in [0.4, 0.5) is 5.69 Å². The van der Waals surface area contributed by atoms with Gasteiger partial charge in [0.05, 0.1) is 25.0 Å². The molecule has 7 nitrogen and oxygen atoms in total. The topological polar surface area (TPSA) is 99.5 Å². The number of esters is 1. The Labute approximate surface area is 140 Å². The van der Waals surface area contributed by atoms with Crippen molar-refractivity contribution in [3.63, 3.8) is 0 Å². The largest absolute Gasteiger partial charge is 0.491 e. The van der Waals surface area contributed by atoms with E-state index < -0.39 is 5.97 Å². The molecule has 0 saturated carbocycles. The Kier molecular flexibility index (Phi) is 5.82. The number of anilines is 1. The average Bonchev–Trinajstić information content (AvgIpc) is 2.95. The second-order valence-electron chi connectivity index (χ2n) is 4.82. The first-order chi connectivity index (χ1) is 11.6. The van der Waals surface area contributed by atoms with Crippen molar-refractivity contribution in [2.45, 2.75) is 6.92 Å². The van der Waals surface area contributed by atoms with Gasteiger partial charge in [0.15, 0.2) is 5.69 Å². The van der Waals surface area contributed by atoms with Crippen LogP contribution in [0.1, 0.15) is 23.0 Å². The van der Waals surface area contributed by atoms with Crippen LogP contribution >= 0.6 is 0 Å². The lowest BCUT2D eigenvalue weighted by Crippen LogP contribution is -2.11. The highest BCUT2D eigenvalue weighted by Crippen LogP contribution is 2.25. The third-order valence-electron chi connectivity index (χ3n) is 3.36. The van der Waals surface area contributed by atoms with Crippen molar-refractivity contribution in [3.05, 3.63) is 41.7 Å². The summed E-state index contributed by atoms with van der Waals surface area (Å²) in [6, 6.07) is 9.03. The summed E-state index contributed by atoms with van der Waals surface area (Å²) in [6.45, 7) is 3.54. The fraction of sp³-hybridized carbons (Fsp3) is 0.294. The second-order valence-corrected chi connectivity index (χ2v) is 4.82. The molecule has 2 N–H and O–H groups in total. The first kappa shape index (κ1) is 17.4. The Morgan fingerprint density at radius 2 is 2.00 bits per heavy atom. The molecule has 1 heterocycles. The Hall–Kier alpha value is -2.98. The van der Waals surface area contributed by atoms with Gasteiger partial charge in [0.25, 0.3) is 0 Å². The first-order valence-electron chi connectivity index (χ1n) is 7.42. The zero-order valence-electron chi connectivity index (χ0n) is 13.6. The highest BCUT2D eigenvalue weighted by Gasteiger charge is 2.21. The van der Waals surface area contributed by atoms with E-state index in [0.717, 1.165) is 0 Å². The van der Waals surface area contributed by atoms with E-state index in [1.54, 1.807) is 24.3 Å². The second kappa shape index (κ2) is 8.04. The number of rotatable bonds is 7. The van der Waals surface area contributed by atoms with Gasteiger partial charge >= 0.3 is 5.97 Å². The highest BCUT2D eigenvalue weighted by molar-refractivity contribution is 5.95. The number of carbonyl (C=O) groups is 1. The number of benzene rings is 1. The minimum atomic E-state index is -0.606. The Balaban J connectivity index is 2.25. The summed E-state index contributed by atoms with van der Waals surface area (Å²) < 4.78 is 17.0. The fourth-order valence-corrected chi connectivity index (χ4v) is 2.18. The van der Waals surface area contributed by atoms with Gasteiger partial charge in [0, 0.05) is 18.5 Å². The number of nitriles is 1. The van der Waals surface area contributed by atoms with E-state index in [0.29, 0.717) is 31.3 Å². The Morgan fingerprint density at radius 3 is 2.58 bits per heavy atom. The first-order valence-corrected chi connectivity index (χ1v) is 7.42. The van der Waals surface area contributed by atoms with Crippen LogP contribution in [0.3, 0.4) is 0 Å². The normalized spacial score (nSPS) is 10.2. The molecule has 2 rings (SSSR count). The molecular formula is C17H19N3O4. The molecule has 24 heavy (non-hydrogen) atoms. The zero-order valence-corrected chi connectivity index (χ0v) is 13.6. The van der Waals surface area contributed by atoms with Crippen LogP contribution in [0.25, 0.3) is 5.69 Å². The molecule has 126 valence electrons. The predicted molar refractivity (Wildman–Crippen MR) is 88.2 cm³/mol. The van der Waals surface area contributed by atoms with Gasteiger partial charge in [0.2, 0.25) is 0 Å². The maximum Gasteiger partial charge on any atom is 0.357 e. The predicted octanol–water partition coefficient (Wildman–Crippen LogP) is 2.13. The molecule has 0 amide bonds. The van der Waals surface area contributed by atoms with Crippen molar-refractivity contribution >= 4 is 11.7 Å². The maximum absolute atomic E-state index is 12.0. The number of aromatic nitrogens is 1. The van der Waals surface area contributed by atoms with Gasteiger partial charge in [-0.2, -0.15) is 5.26 Å². The van der Waals surface area contributed by atoms with E-state index in [2.05, 4.69) is 0 Å². The number of hydrogen-bond acceptors (Lipinski definition) is 6.